The van der Waals surface area contributed by atoms with Gasteiger partial charge in [-0.1, -0.05) is 59.7 Å². The Morgan fingerprint density at radius 2 is 1.27 bits per heavy atom. The highest BCUT2D eigenvalue weighted by molar-refractivity contribution is 7.71. The molecule has 0 radical (unpaired) electrons. The second kappa shape index (κ2) is 6.25. The Morgan fingerprint density at radius 3 is 1.68 bits per heavy atom. The van der Waals surface area contributed by atoms with Crippen molar-refractivity contribution in [3.05, 3.63) is 75.5 Å². The van der Waals surface area contributed by atoms with Crippen molar-refractivity contribution in [3.8, 4) is 22.3 Å². The molecule has 0 bridgehead atoms. The second-order valence-corrected chi connectivity index (χ2v) is 6.38. The Hall–Kier alpha value is -1.61. The second-order valence-electron chi connectivity index (χ2n) is 5.10. The highest BCUT2D eigenvalue weighted by Gasteiger charge is 2.08. The summed E-state index contributed by atoms with van der Waals surface area (Å²) in [5, 5.41) is 1.39. The zero-order valence-electron chi connectivity index (χ0n) is 11.9. The van der Waals surface area contributed by atoms with Gasteiger partial charge in [-0.25, -0.2) is 0 Å². The van der Waals surface area contributed by atoms with Crippen LogP contribution in [0.1, 0.15) is 0 Å². The third-order valence-corrected chi connectivity index (χ3v) is 4.34. The molecule has 2 aromatic carbocycles. The van der Waals surface area contributed by atoms with E-state index in [1.807, 2.05) is 72.5 Å². The van der Waals surface area contributed by atoms with E-state index in [2.05, 4.69) is 0 Å². The van der Waals surface area contributed by atoms with Crippen molar-refractivity contribution in [3.63, 3.8) is 0 Å². The summed E-state index contributed by atoms with van der Waals surface area (Å²) in [5.74, 6) is 0. The Bertz CT molecular complexity index is 830. The van der Waals surface area contributed by atoms with Crippen LogP contribution < -0.4 is 0 Å². The zero-order valence-corrected chi connectivity index (χ0v) is 14.2. The lowest BCUT2D eigenvalue weighted by Crippen LogP contribution is -1.95. The summed E-state index contributed by atoms with van der Waals surface area (Å²) in [6.07, 6.45) is 4.03. The van der Waals surface area contributed by atoms with Crippen LogP contribution in [0.5, 0.6) is 0 Å². The average Bonchev–Trinajstić information content (AvgIpc) is 2.49. The van der Waals surface area contributed by atoms with E-state index in [4.69, 9.17) is 35.4 Å². The van der Waals surface area contributed by atoms with Crippen molar-refractivity contribution in [2.45, 2.75) is 0 Å². The van der Waals surface area contributed by atoms with Crippen LogP contribution in [0.3, 0.4) is 0 Å². The average molecular weight is 346 g/mol. The molecule has 1 nitrogen and oxygen atoms in total. The molecule has 0 spiro atoms. The van der Waals surface area contributed by atoms with Crippen molar-refractivity contribution in [1.82, 2.24) is 4.57 Å². The third kappa shape index (κ3) is 3.09. The molecule has 0 atom stereocenters. The molecule has 0 N–H and O–H groups in total. The molecule has 0 aliphatic rings. The lowest BCUT2D eigenvalue weighted by Gasteiger charge is -2.11. The predicted molar refractivity (Wildman–Crippen MR) is 97.1 cm³/mol. The van der Waals surface area contributed by atoms with Crippen LogP contribution >= 0.6 is 35.4 Å². The van der Waals surface area contributed by atoms with Gasteiger partial charge in [0.2, 0.25) is 0 Å². The van der Waals surface area contributed by atoms with Crippen LogP contribution in [0.4, 0.5) is 0 Å². The van der Waals surface area contributed by atoms with Gasteiger partial charge in [-0.3, -0.25) is 0 Å². The molecule has 1 heterocycles. The molecule has 110 valence electrons. The van der Waals surface area contributed by atoms with E-state index in [0.717, 1.165) is 26.8 Å². The largest absolute Gasteiger partial charge is 0.356 e. The number of hydrogen-bond donors (Lipinski definition) is 0. The van der Waals surface area contributed by atoms with Gasteiger partial charge in [0.25, 0.3) is 0 Å². The first-order valence-corrected chi connectivity index (χ1v) is 7.93. The maximum absolute atomic E-state index is 6.11. The van der Waals surface area contributed by atoms with E-state index >= 15 is 0 Å². The minimum absolute atomic E-state index is 0.697. The number of rotatable bonds is 2. The number of nitrogens with zero attached hydrogens (tertiary/aromatic N) is 1. The molecule has 3 aromatic rings. The molecule has 0 fully saturated rings. The van der Waals surface area contributed by atoms with Crippen molar-refractivity contribution < 1.29 is 0 Å². The Balaban J connectivity index is 2.24. The van der Waals surface area contributed by atoms with Crippen molar-refractivity contribution in [2.75, 3.05) is 0 Å². The zero-order chi connectivity index (χ0) is 15.7. The molecular formula is C18H13Cl2NS. The maximum Gasteiger partial charge on any atom is 0.0563 e. The van der Waals surface area contributed by atoms with Crippen LogP contribution in [-0.2, 0) is 7.05 Å². The lowest BCUT2D eigenvalue weighted by atomic mass is 10.0. The van der Waals surface area contributed by atoms with Gasteiger partial charge >= 0.3 is 0 Å². The fourth-order valence-electron chi connectivity index (χ4n) is 2.43. The minimum atomic E-state index is 0.697. The molecule has 0 aliphatic heterocycles. The van der Waals surface area contributed by atoms with Crippen molar-refractivity contribution in [2.24, 2.45) is 7.05 Å². The highest BCUT2D eigenvalue weighted by atomic mass is 35.5. The molecule has 4 heteroatoms. The standard InChI is InChI=1S/C18H13Cl2NS/c1-21-10-16(12-4-2-6-14(19)8-12)18(22)17(11-21)13-5-3-7-15(20)9-13/h2-11H,1H3. The summed E-state index contributed by atoms with van der Waals surface area (Å²) in [4.78, 5) is 0. The normalized spacial score (nSPS) is 10.7. The molecule has 22 heavy (non-hydrogen) atoms. The molecule has 0 saturated carbocycles. The third-order valence-electron chi connectivity index (χ3n) is 3.43. The number of benzene rings is 2. The molecule has 3 rings (SSSR count). The summed E-state index contributed by atoms with van der Waals surface area (Å²) in [5.41, 5.74) is 3.99. The van der Waals surface area contributed by atoms with Crippen LogP contribution in [0, 0.1) is 4.51 Å². The van der Waals surface area contributed by atoms with Gasteiger partial charge in [0, 0.05) is 40.6 Å². The van der Waals surface area contributed by atoms with E-state index in [0.29, 0.717) is 10.0 Å². The van der Waals surface area contributed by atoms with E-state index in [-0.39, 0.29) is 0 Å². The summed E-state index contributed by atoms with van der Waals surface area (Å²) in [7, 11) is 1.98. The first kappa shape index (κ1) is 15.3. The van der Waals surface area contributed by atoms with Gasteiger partial charge < -0.3 is 4.57 Å². The first-order valence-electron chi connectivity index (χ1n) is 6.77. The highest BCUT2D eigenvalue weighted by Crippen LogP contribution is 2.30. The number of aromatic nitrogens is 1. The van der Waals surface area contributed by atoms with Gasteiger partial charge in [0.1, 0.15) is 0 Å². The summed E-state index contributed by atoms with van der Waals surface area (Å²) < 4.78 is 2.80. The van der Waals surface area contributed by atoms with Gasteiger partial charge in [-0.2, -0.15) is 0 Å². The van der Waals surface area contributed by atoms with Crippen LogP contribution in [0.2, 0.25) is 10.0 Å². The van der Waals surface area contributed by atoms with Gasteiger partial charge in [0.15, 0.2) is 0 Å². The summed E-state index contributed by atoms with van der Waals surface area (Å²) in [6, 6.07) is 15.4. The van der Waals surface area contributed by atoms with Crippen molar-refractivity contribution >= 4 is 35.4 Å². The van der Waals surface area contributed by atoms with Gasteiger partial charge in [-0.15, -0.1) is 0 Å². The number of aryl methyl sites for hydroxylation is 1. The SMILES string of the molecule is Cn1cc(-c2cccc(Cl)c2)c(=S)c(-c2cccc(Cl)c2)c1. The minimum Gasteiger partial charge on any atom is -0.356 e. The van der Waals surface area contributed by atoms with Gasteiger partial charge in [0.05, 0.1) is 4.51 Å². The van der Waals surface area contributed by atoms with E-state index in [9.17, 15) is 0 Å². The fourth-order valence-corrected chi connectivity index (χ4v) is 3.15. The van der Waals surface area contributed by atoms with Crippen LogP contribution in [0.25, 0.3) is 22.3 Å². The molecule has 0 amide bonds. The molecule has 1 aromatic heterocycles. The molecule has 0 aliphatic carbocycles. The van der Waals surface area contributed by atoms with Crippen molar-refractivity contribution in [1.29, 1.82) is 0 Å². The smallest absolute Gasteiger partial charge is 0.0563 e. The number of halogens is 2. The number of hydrogen-bond acceptors (Lipinski definition) is 1. The summed E-state index contributed by atoms with van der Waals surface area (Å²) >= 11 is 17.9. The predicted octanol–water partition coefficient (Wildman–Crippen LogP) is 6.40. The number of pyridine rings is 1. The fraction of sp³-hybridized carbons (Fsp3) is 0.0556. The Morgan fingerprint density at radius 1 is 0.818 bits per heavy atom. The van der Waals surface area contributed by atoms with E-state index in [1.54, 1.807) is 0 Å². The molecular weight excluding hydrogens is 333 g/mol. The first-order chi connectivity index (χ1) is 10.5. The quantitative estimate of drug-likeness (QED) is 0.486. The van der Waals surface area contributed by atoms with Crippen LogP contribution in [0.15, 0.2) is 60.9 Å². The topological polar surface area (TPSA) is 4.93 Å². The van der Waals surface area contributed by atoms with Gasteiger partial charge in [-0.05, 0) is 35.4 Å². The Labute approximate surface area is 144 Å². The van der Waals surface area contributed by atoms with Crippen LogP contribution in [-0.4, -0.2) is 4.57 Å². The monoisotopic (exact) mass is 345 g/mol. The molecule has 0 unspecified atom stereocenters. The van der Waals surface area contributed by atoms with E-state index in [1.165, 1.54) is 0 Å². The Kier molecular flexibility index (Phi) is 4.34. The molecule has 0 saturated heterocycles. The lowest BCUT2D eigenvalue weighted by molar-refractivity contribution is 0.907. The summed E-state index contributed by atoms with van der Waals surface area (Å²) in [6.45, 7) is 0. The van der Waals surface area contributed by atoms with E-state index < -0.39 is 0 Å². The maximum atomic E-state index is 6.11.